The summed E-state index contributed by atoms with van der Waals surface area (Å²) >= 11 is 5.60. The molecule has 0 aromatic carbocycles. The van der Waals surface area contributed by atoms with E-state index >= 15 is 0 Å². The van der Waals surface area contributed by atoms with Gasteiger partial charge in [0.1, 0.15) is 0 Å². The van der Waals surface area contributed by atoms with Crippen molar-refractivity contribution in [2.45, 2.75) is 25.7 Å². The van der Waals surface area contributed by atoms with Gasteiger partial charge in [-0.25, -0.2) is 0 Å². The summed E-state index contributed by atoms with van der Waals surface area (Å²) in [7, 11) is 0. The number of amides is 1. The smallest absolute Gasteiger partial charge is 0.223 e. The molecule has 0 aromatic rings. The van der Waals surface area contributed by atoms with E-state index in [4.69, 9.17) is 11.6 Å². The summed E-state index contributed by atoms with van der Waals surface area (Å²) in [6, 6.07) is 0. The van der Waals surface area contributed by atoms with Gasteiger partial charge in [0.2, 0.25) is 5.91 Å². The van der Waals surface area contributed by atoms with Crippen LogP contribution in [0.5, 0.6) is 0 Å². The first-order valence-corrected chi connectivity index (χ1v) is 5.65. The van der Waals surface area contributed by atoms with E-state index in [0.29, 0.717) is 17.5 Å². The van der Waals surface area contributed by atoms with Gasteiger partial charge >= 0.3 is 0 Å². The minimum atomic E-state index is 0.180. The Labute approximate surface area is 89.7 Å². The maximum Gasteiger partial charge on any atom is 0.223 e. The van der Waals surface area contributed by atoms with E-state index in [-0.39, 0.29) is 11.8 Å². The van der Waals surface area contributed by atoms with Gasteiger partial charge < -0.3 is 5.32 Å². The molecule has 0 heterocycles. The van der Waals surface area contributed by atoms with Gasteiger partial charge in [-0.3, -0.25) is 4.79 Å². The molecule has 2 fully saturated rings. The molecule has 2 aliphatic rings. The van der Waals surface area contributed by atoms with Gasteiger partial charge in [-0.15, -0.1) is 0 Å². The Morgan fingerprint density at radius 1 is 1.43 bits per heavy atom. The van der Waals surface area contributed by atoms with E-state index in [9.17, 15) is 4.79 Å². The van der Waals surface area contributed by atoms with Crippen LogP contribution in [0.1, 0.15) is 25.7 Å². The van der Waals surface area contributed by atoms with E-state index in [2.05, 4.69) is 11.9 Å². The first kappa shape index (κ1) is 10.0. The lowest BCUT2D eigenvalue weighted by atomic mass is 9.88. The molecule has 0 saturated heterocycles. The van der Waals surface area contributed by atoms with Crippen molar-refractivity contribution in [2.24, 2.45) is 17.8 Å². The second-order valence-corrected chi connectivity index (χ2v) is 5.05. The van der Waals surface area contributed by atoms with Crippen LogP contribution in [0.25, 0.3) is 0 Å². The number of rotatable bonds is 3. The van der Waals surface area contributed by atoms with Crippen molar-refractivity contribution in [3.05, 3.63) is 11.6 Å². The normalized spacial score (nSPS) is 34.5. The van der Waals surface area contributed by atoms with Gasteiger partial charge in [0, 0.05) is 11.0 Å². The predicted octanol–water partition coefficient (Wildman–Crippen LogP) is 2.29. The highest BCUT2D eigenvalue weighted by molar-refractivity contribution is 6.29. The number of halogens is 1. The van der Waals surface area contributed by atoms with Gasteiger partial charge in [-0.1, -0.05) is 24.6 Å². The van der Waals surface area contributed by atoms with Crippen LogP contribution in [0.2, 0.25) is 0 Å². The van der Waals surface area contributed by atoms with Crippen LogP contribution in [0.3, 0.4) is 0 Å². The molecule has 14 heavy (non-hydrogen) atoms. The van der Waals surface area contributed by atoms with Crippen molar-refractivity contribution < 1.29 is 4.79 Å². The number of hydrogen-bond acceptors (Lipinski definition) is 1. The molecule has 1 N–H and O–H groups in total. The third-order valence-electron chi connectivity index (χ3n) is 3.53. The Hall–Kier alpha value is -0.500. The zero-order valence-electron chi connectivity index (χ0n) is 8.26. The molecule has 0 spiro atoms. The number of fused-ring (bicyclic) bond motifs is 2. The Morgan fingerprint density at radius 2 is 2.21 bits per heavy atom. The molecule has 3 heteroatoms. The van der Waals surface area contributed by atoms with Crippen LogP contribution < -0.4 is 5.32 Å². The molecular formula is C11H16ClNO. The number of carbonyl (C=O) groups excluding carboxylic acids is 1. The molecule has 0 radical (unpaired) electrons. The van der Waals surface area contributed by atoms with Crippen LogP contribution in [0, 0.1) is 17.8 Å². The van der Waals surface area contributed by atoms with E-state index in [1.54, 1.807) is 0 Å². The zero-order valence-corrected chi connectivity index (χ0v) is 9.02. The second kappa shape index (κ2) is 3.93. The van der Waals surface area contributed by atoms with E-state index < -0.39 is 0 Å². The predicted molar refractivity (Wildman–Crippen MR) is 56.9 cm³/mol. The first-order chi connectivity index (χ1) is 6.66. The number of carbonyl (C=O) groups is 1. The van der Waals surface area contributed by atoms with Crippen molar-refractivity contribution in [2.75, 3.05) is 6.54 Å². The van der Waals surface area contributed by atoms with Crippen LogP contribution >= 0.6 is 11.6 Å². The summed E-state index contributed by atoms with van der Waals surface area (Å²) in [5.74, 6) is 1.89. The molecule has 2 aliphatic carbocycles. The quantitative estimate of drug-likeness (QED) is 0.766. The second-order valence-electron chi connectivity index (χ2n) is 4.52. The van der Waals surface area contributed by atoms with Crippen molar-refractivity contribution in [1.29, 1.82) is 0 Å². The summed E-state index contributed by atoms with van der Waals surface area (Å²) in [5.41, 5.74) is 0. The van der Waals surface area contributed by atoms with Crippen LogP contribution in [-0.4, -0.2) is 12.5 Å². The van der Waals surface area contributed by atoms with E-state index in [1.807, 2.05) is 0 Å². The maximum absolute atomic E-state index is 11.7. The minimum absolute atomic E-state index is 0.180. The lowest BCUT2D eigenvalue weighted by molar-refractivity contribution is -0.126. The average molecular weight is 214 g/mol. The van der Waals surface area contributed by atoms with Crippen LogP contribution in [0.4, 0.5) is 0 Å². The van der Waals surface area contributed by atoms with Crippen molar-refractivity contribution in [1.82, 2.24) is 5.32 Å². The van der Waals surface area contributed by atoms with Crippen molar-refractivity contribution in [3.63, 3.8) is 0 Å². The SMILES string of the molecule is C=C(Cl)CNC(=O)C1CC2CCC1C2. The third kappa shape index (κ3) is 1.95. The fourth-order valence-electron chi connectivity index (χ4n) is 2.88. The molecule has 2 rings (SSSR count). The van der Waals surface area contributed by atoms with Crippen molar-refractivity contribution in [3.8, 4) is 0 Å². The Bertz CT molecular complexity index is 264. The van der Waals surface area contributed by atoms with E-state index in [0.717, 1.165) is 12.3 Å². The zero-order chi connectivity index (χ0) is 10.1. The van der Waals surface area contributed by atoms with Crippen molar-refractivity contribution >= 4 is 17.5 Å². The topological polar surface area (TPSA) is 29.1 Å². The molecule has 2 saturated carbocycles. The lowest BCUT2D eigenvalue weighted by Crippen LogP contribution is -2.34. The highest BCUT2D eigenvalue weighted by Crippen LogP contribution is 2.48. The Morgan fingerprint density at radius 3 is 2.71 bits per heavy atom. The molecule has 1 amide bonds. The standard InChI is InChI=1S/C11H16ClNO/c1-7(12)6-13-11(14)10-5-8-2-3-9(10)4-8/h8-10H,1-6H2,(H,13,14). The Kier molecular flexibility index (Phi) is 2.82. The maximum atomic E-state index is 11.7. The summed E-state index contributed by atoms with van der Waals surface area (Å²) in [6.45, 7) is 3.96. The number of hydrogen-bond donors (Lipinski definition) is 1. The first-order valence-electron chi connectivity index (χ1n) is 5.28. The van der Waals surface area contributed by atoms with Crippen LogP contribution in [-0.2, 0) is 4.79 Å². The summed E-state index contributed by atoms with van der Waals surface area (Å²) in [6.07, 6.45) is 4.92. The molecule has 2 nitrogen and oxygen atoms in total. The molecule has 78 valence electrons. The fraction of sp³-hybridized carbons (Fsp3) is 0.727. The largest absolute Gasteiger partial charge is 0.351 e. The van der Waals surface area contributed by atoms with Gasteiger partial charge in [0.25, 0.3) is 0 Å². The van der Waals surface area contributed by atoms with Gasteiger partial charge in [-0.2, -0.15) is 0 Å². The average Bonchev–Trinajstić information content (AvgIpc) is 2.74. The van der Waals surface area contributed by atoms with Gasteiger partial charge in [0.05, 0.1) is 6.54 Å². The molecule has 0 aliphatic heterocycles. The summed E-state index contributed by atoms with van der Waals surface area (Å²) < 4.78 is 0. The molecule has 3 unspecified atom stereocenters. The van der Waals surface area contributed by atoms with E-state index in [1.165, 1.54) is 19.3 Å². The van der Waals surface area contributed by atoms with Gasteiger partial charge in [-0.05, 0) is 31.1 Å². The monoisotopic (exact) mass is 213 g/mol. The summed E-state index contributed by atoms with van der Waals surface area (Å²) in [5, 5.41) is 3.34. The molecule has 0 aromatic heterocycles. The van der Waals surface area contributed by atoms with Gasteiger partial charge in [0.15, 0.2) is 0 Å². The lowest BCUT2D eigenvalue weighted by Gasteiger charge is -2.20. The third-order valence-corrected chi connectivity index (χ3v) is 3.66. The van der Waals surface area contributed by atoms with Crippen LogP contribution in [0.15, 0.2) is 11.6 Å². The minimum Gasteiger partial charge on any atom is -0.351 e. The summed E-state index contributed by atoms with van der Waals surface area (Å²) in [4.78, 5) is 11.7. The Balaban J connectivity index is 1.84. The highest BCUT2D eigenvalue weighted by atomic mass is 35.5. The molecule has 3 atom stereocenters. The fourth-order valence-corrected chi connectivity index (χ4v) is 2.95. The number of nitrogens with one attached hydrogen (secondary N) is 1. The molecular weight excluding hydrogens is 198 g/mol. The highest BCUT2D eigenvalue weighted by Gasteiger charge is 2.42. The molecule has 2 bridgehead atoms.